The number of carboxylic acid groups (broad SMARTS) is 1. The molecule has 0 unspecified atom stereocenters. The molecule has 2 amide bonds. The molecule has 0 bridgehead atoms. The van der Waals surface area contributed by atoms with Crippen LogP contribution in [-0.4, -0.2) is 40.1 Å². The van der Waals surface area contributed by atoms with Crippen molar-refractivity contribution in [2.45, 2.75) is 46.3 Å². The Morgan fingerprint density at radius 1 is 1.27 bits per heavy atom. The number of carbonyl (C=O) groups excluding carboxylic acids is 1. The molecular weight excluding hydrogens is 411 g/mol. The summed E-state index contributed by atoms with van der Waals surface area (Å²) in [5.41, 5.74) is 0.778. The monoisotopic (exact) mass is 438 g/mol. The first-order valence-corrected chi connectivity index (χ1v) is 10.2. The van der Waals surface area contributed by atoms with Crippen molar-refractivity contribution in [1.82, 2.24) is 15.0 Å². The van der Waals surface area contributed by atoms with Gasteiger partial charge in [-0.25, -0.2) is 14.0 Å². The number of nitrogens with one attached hydrogen (secondary N) is 3. The number of urea groups is 1. The lowest BCUT2D eigenvalue weighted by molar-refractivity contribution is 0.0693. The van der Waals surface area contributed by atoms with Gasteiger partial charge in [0, 0.05) is 17.6 Å². The molecule has 2 aromatic rings. The molecule has 2 rings (SSSR count). The summed E-state index contributed by atoms with van der Waals surface area (Å²) in [6.07, 6.45) is 0.718. The molecule has 30 heavy (non-hydrogen) atoms. The van der Waals surface area contributed by atoms with Gasteiger partial charge in [0.15, 0.2) is 5.56 Å². The standard InChI is InChI=1S/C20H27FN4O4S/c1-12-6-7-13(14(21)10-12)11-29-16-15(18(26)27)17(30-25-16)24-19(28)22-8-5-9-23-20(2,3)4/h6-7,10,23H,5,8-9,11H2,1-4H3,(H,26,27)(H2,22,24,28). The van der Waals surface area contributed by atoms with Crippen molar-refractivity contribution >= 4 is 28.5 Å². The van der Waals surface area contributed by atoms with Crippen molar-refractivity contribution in [3.63, 3.8) is 0 Å². The number of aromatic nitrogens is 1. The number of benzene rings is 1. The van der Waals surface area contributed by atoms with Crippen LogP contribution in [0.3, 0.4) is 0 Å². The number of anilines is 1. The van der Waals surface area contributed by atoms with E-state index in [1.807, 2.05) is 0 Å². The lowest BCUT2D eigenvalue weighted by Gasteiger charge is -2.20. The summed E-state index contributed by atoms with van der Waals surface area (Å²) in [5.74, 6) is -1.91. The smallest absolute Gasteiger partial charge is 0.344 e. The van der Waals surface area contributed by atoms with E-state index in [0.717, 1.165) is 30.1 Å². The van der Waals surface area contributed by atoms with Gasteiger partial charge in [-0.05, 0) is 63.8 Å². The van der Waals surface area contributed by atoms with Gasteiger partial charge in [-0.2, -0.15) is 4.37 Å². The minimum atomic E-state index is -1.30. The van der Waals surface area contributed by atoms with E-state index in [0.29, 0.717) is 6.54 Å². The summed E-state index contributed by atoms with van der Waals surface area (Å²) in [7, 11) is 0. The number of carbonyl (C=O) groups is 2. The first-order valence-electron chi connectivity index (χ1n) is 9.47. The molecule has 4 N–H and O–H groups in total. The molecule has 1 aromatic carbocycles. The first kappa shape index (κ1) is 23.6. The van der Waals surface area contributed by atoms with Crippen molar-refractivity contribution < 1.29 is 23.8 Å². The zero-order valence-electron chi connectivity index (χ0n) is 17.5. The van der Waals surface area contributed by atoms with Gasteiger partial charge in [0.2, 0.25) is 5.88 Å². The molecule has 0 aliphatic heterocycles. The molecule has 0 spiro atoms. The molecule has 0 fully saturated rings. The third-order valence-electron chi connectivity index (χ3n) is 3.97. The van der Waals surface area contributed by atoms with Gasteiger partial charge in [-0.1, -0.05) is 12.1 Å². The fraction of sp³-hybridized carbons (Fsp3) is 0.450. The lowest BCUT2D eigenvalue weighted by atomic mass is 10.1. The molecule has 0 saturated carbocycles. The zero-order chi connectivity index (χ0) is 22.3. The number of aromatic carboxylic acids is 1. The third-order valence-corrected chi connectivity index (χ3v) is 4.71. The van der Waals surface area contributed by atoms with Gasteiger partial charge in [0.25, 0.3) is 0 Å². The Morgan fingerprint density at radius 3 is 2.63 bits per heavy atom. The van der Waals surface area contributed by atoms with E-state index in [2.05, 4.69) is 41.1 Å². The predicted molar refractivity (Wildman–Crippen MR) is 114 cm³/mol. The number of nitrogens with zero attached hydrogens (tertiary/aromatic N) is 1. The van der Waals surface area contributed by atoms with Crippen molar-refractivity contribution in [2.24, 2.45) is 0 Å². The Kier molecular flexibility index (Phi) is 8.13. The molecule has 0 radical (unpaired) electrons. The summed E-state index contributed by atoms with van der Waals surface area (Å²) >= 11 is 0.788. The predicted octanol–water partition coefficient (Wildman–Crippen LogP) is 3.77. The van der Waals surface area contributed by atoms with Crippen LogP contribution in [0.2, 0.25) is 0 Å². The fourth-order valence-electron chi connectivity index (χ4n) is 2.46. The fourth-order valence-corrected chi connectivity index (χ4v) is 3.19. The number of carboxylic acids is 1. The first-order chi connectivity index (χ1) is 14.1. The van der Waals surface area contributed by atoms with Gasteiger partial charge in [0.05, 0.1) is 0 Å². The second-order valence-electron chi connectivity index (χ2n) is 7.79. The molecule has 0 aliphatic rings. The van der Waals surface area contributed by atoms with Crippen LogP contribution in [0, 0.1) is 12.7 Å². The van der Waals surface area contributed by atoms with Crippen molar-refractivity contribution in [1.29, 1.82) is 0 Å². The van der Waals surface area contributed by atoms with Crippen LogP contribution in [0.25, 0.3) is 0 Å². The highest BCUT2D eigenvalue weighted by molar-refractivity contribution is 7.11. The van der Waals surface area contributed by atoms with Gasteiger partial charge in [0.1, 0.15) is 17.4 Å². The van der Waals surface area contributed by atoms with Crippen molar-refractivity contribution in [3.05, 3.63) is 40.7 Å². The van der Waals surface area contributed by atoms with E-state index < -0.39 is 17.8 Å². The Bertz CT molecular complexity index is 895. The Hall–Kier alpha value is -2.72. The maximum atomic E-state index is 13.9. The molecule has 0 saturated heterocycles. The number of hydrogen-bond donors (Lipinski definition) is 4. The van der Waals surface area contributed by atoms with Gasteiger partial charge >= 0.3 is 12.0 Å². The molecule has 8 nitrogen and oxygen atoms in total. The van der Waals surface area contributed by atoms with Gasteiger partial charge in [-0.15, -0.1) is 0 Å². The van der Waals surface area contributed by atoms with E-state index in [9.17, 15) is 19.1 Å². The average molecular weight is 439 g/mol. The van der Waals surface area contributed by atoms with Crippen LogP contribution in [0.4, 0.5) is 14.2 Å². The average Bonchev–Trinajstić information content (AvgIpc) is 3.02. The second-order valence-corrected chi connectivity index (χ2v) is 8.57. The second kappa shape index (κ2) is 10.4. The van der Waals surface area contributed by atoms with E-state index >= 15 is 0 Å². The highest BCUT2D eigenvalue weighted by Gasteiger charge is 2.23. The largest absolute Gasteiger partial charge is 0.477 e. The Balaban J connectivity index is 1.93. The van der Waals surface area contributed by atoms with Crippen LogP contribution in [0.1, 0.15) is 48.7 Å². The molecule has 0 atom stereocenters. The van der Waals surface area contributed by atoms with E-state index in [-0.39, 0.29) is 34.2 Å². The molecule has 1 heterocycles. The molecule has 10 heteroatoms. The third kappa shape index (κ3) is 7.27. The van der Waals surface area contributed by atoms with Gasteiger partial charge < -0.3 is 20.5 Å². The normalized spacial score (nSPS) is 11.2. The Labute approximate surface area is 179 Å². The van der Waals surface area contributed by atoms with Crippen LogP contribution < -0.4 is 20.7 Å². The topological polar surface area (TPSA) is 113 Å². The summed E-state index contributed by atoms with van der Waals surface area (Å²) in [5, 5.41) is 18.0. The summed E-state index contributed by atoms with van der Waals surface area (Å²) < 4.78 is 23.3. The SMILES string of the molecule is Cc1ccc(COc2nsc(NC(=O)NCCCNC(C)(C)C)c2C(=O)O)c(F)c1. The zero-order valence-corrected chi connectivity index (χ0v) is 18.3. The van der Waals surface area contributed by atoms with Crippen LogP contribution >= 0.6 is 11.5 Å². The number of aryl methyl sites for hydroxylation is 1. The van der Waals surface area contributed by atoms with Crippen molar-refractivity contribution in [3.8, 4) is 5.88 Å². The summed E-state index contributed by atoms with van der Waals surface area (Å²) in [6, 6.07) is 4.13. The number of rotatable bonds is 9. The number of ether oxygens (including phenoxy) is 1. The maximum Gasteiger partial charge on any atom is 0.344 e. The Morgan fingerprint density at radius 2 is 2.00 bits per heavy atom. The summed E-state index contributed by atoms with van der Waals surface area (Å²) in [6.45, 7) is 8.90. The molecular formula is C20H27FN4O4S. The highest BCUT2D eigenvalue weighted by Crippen LogP contribution is 2.31. The van der Waals surface area contributed by atoms with Crippen LogP contribution in [0.5, 0.6) is 5.88 Å². The minimum absolute atomic E-state index is 0.000812. The van der Waals surface area contributed by atoms with Crippen LogP contribution in [0.15, 0.2) is 18.2 Å². The van der Waals surface area contributed by atoms with E-state index in [1.54, 1.807) is 19.1 Å². The van der Waals surface area contributed by atoms with E-state index in [4.69, 9.17) is 4.74 Å². The maximum absolute atomic E-state index is 13.9. The number of amides is 2. The quantitative estimate of drug-likeness (QED) is 0.444. The minimum Gasteiger partial charge on any atom is -0.477 e. The van der Waals surface area contributed by atoms with E-state index in [1.165, 1.54) is 6.07 Å². The lowest BCUT2D eigenvalue weighted by Crippen LogP contribution is -2.38. The molecule has 1 aromatic heterocycles. The molecule has 0 aliphatic carbocycles. The van der Waals surface area contributed by atoms with Gasteiger partial charge in [-0.3, -0.25) is 5.32 Å². The number of halogens is 1. The van der Waals surface area contributed by atoms with Crippen molar-refractivity contribution in [2.75, 3.05) is 18.4 Å². The number of hydrogen-bond acceptors (Lipinski definition) is 6. The molecule has 164 valence electrons. The van der Waals surface area contributed by atoms with Crippen LogP contribution in [-0.2, 0) is 6.61 Å². The summed E-state index contributed by atoms with van der Waals surface area (Å²) in [4.78, 5) is 23.7. The highest BCUT2D eigenvalue weighted by atomic mass is 32.1.